The molecule has 26 heavy (non-hydrogen) atoms. The highest BCUT2D eigenvalue weighted by Gasteiger charge is 2.47. The monoisotopic (exact) mass is 350 g/mol. The molecular formula is C20H22N4O2. The van der Waals surface area contributed by atoms with Crippen molar-refractivity contribution in [2.75, 3.05) is 20.1 Å². The molecule has 1 atom stereocenters. The number of hydrogen-bond donors (Lipinski definition) is 1. The van der Waals surface area contributed by atoms with Crippen molar-refractivity contribution in [3.63, 3.8) is 0 Å². The van der Waals surface area contributed by atoms with Gasteiger partial charge in [0, 0.05) is 37.9 Å². The number of nitrogens with one attached hydrogen (secondary N) is 1. The predicted molar refractivity (Wildman–Crippen MR) is 96.7 cm³/mol. The van der Waals surface area contributed by atoms with E-state index in [4.69, 9.17) is 0 Å². The van der Waals surface area contributed by atoms with E-state index >= 15 is 0 Å². The maximum atomic E-state index is 12.6. The van der Waals surface area contributed by atoms with Crippen molar-refractivity contribution in [2.45, 2.75) is 30.6 Å². The van der Waals surface area contributed by atoms with Crippen LogP contribution in [0.3, 0.4) is 0 Å². The van der Waals surface area contributed by atoms with Gasteiger partial charge < -0.3 is 10.2 Å². The maximum absolute atomic E-state index is 12.6. The molecule has 2 aliphatic rings. The lowest BCUT2D eigenvalue weighted by Crippen LogP contribution is -2.45. The van der Waals surface area contributed by atoms with E-state index in [1.54, 1.807) is 19.4 Å². The van der Waals surface area contributed by atoms with Crippen molar-refractivity contribution in [3.05, 3.63) is 59.7 Å². The number of nitrogens with zero attached hydrogens (tertiary/aromatic N) is 3. The van der Waals surface area contributed by atoms with Crippen LogP contribution in [-0.2, 0) is 10.2 Å². The fourth-order valence-corrected chi connectivity index (χ4v) is 4.49. The predicted octanol–water partition coefficient (Wildman–Crippen LogP) is 1.88. The molecule has 1 spiro atoms. The highest BCUT2D eigenvalue weighted by Crippen LogP contribution is 2.51. The Morgan fingerprint density at radius 1 is 1.19 bits per heavy atom. The van der Waals surface area contributed by atoms with Crippen LogP contribution in [0.2, 0.25) is 0 Å². The minimum Gasteiger partial charge on any atom is -0.359 e. The molecule has 134 valence electrons. The zero-order chi connectivity index (χ0) is 18.1. The van der Waals surface area contributed by atoms with Gasteiger partial charge in [0.25, 0.3) is 5.91 Å². The van der Waals surface area contributed by atoms with Crippen molar-refractivity contribution >= 4 is 11.8 Å². The number of fused-ring (bicyclic) bond motifs is 2. The summed E-state index contributed by atoms with van der Waals surface area (Å²) in [5, 5.41) is 2.80. The summed E-state index contributed by atoms with van der Waals surface area (Å²) in [6.45, 7) is 1.34. The average Bonchev–Trinajstić information content (AvgIpc) is 3.02. The molecule has 4 rings (SSSR count). The average molecular weight is 350 g/mol. The molecule has 1 unspecified atom stereocenters. The van der Waals surface area contributed by atoms with Crippen LogP contribution in [0, 0.1) is 0 Å². The Kier molecular flexibility index (Phi) is 4.18. The summed E-state index contributed by atoms with van der Waals surface area (Å²) >= 11 is 0. The van der Waals surface area contributed by atoms with Gasteiger partial charge in [0.05, 0.1) is 12.1 Å². The Balaban J connectivity index is 1.55. The smallest absolute Gasteiger partial charge is 0.274 e. The quantitative estimate of drug-likeness (QED) is 0.897. The summed E-state index contributed by atoms with van der Waals surface area (Å²) in [7, 11) is 1.69. The molecule has 1 aromatic heterocycles. The molecule has 1 aromatic carbocycles. The zero-order valence-corrected chi connectivity index (χ0v) is 14.8. The molecular weight excluding hydrogens is 328 g/mol. The van der Waals surface area contributed by atoms with Crippen LogP contribution in [0.4, 0.5) is 0 Å². The van der Waals surface area contributed by atoms with Crippen LogP contribution in [0.15, 0.2) is 42.9 Å². The van der Waals surface area contributed by atoms with Gasteiger partial charge in [-0.1, -0.05) is 24.3 Å². The number of benzene rings is 1. The lowest BCUT2D eigenvalue weighted by molar-refractivity contribution is -0.122. The SMILES string of the molecule is CNC(=O)C1CC2(CCN(C(=O)c3cnccn3)CC2)c2ccccc21. The molecule has 0 saturated carbocycles. The summed E-state index contributed by atoms with van der Waals surface area (Å²) in [6, 6.07) is 8.27. The summed E-state index contributed by atoms with van der Waals surface area (Å²) in [5.41, 5.74) is 2.78. The summed E-state index contributed by atoms with van der Waals surface area (Å²) in [5.74, 6) is -0.0899. The fourth-order valence-electron chi connectivity index (χ4n) is 4.49. The Morgan fingerprint density at radius 3 is 2.65 bits per heavy atom. The van der Waals surface area contributed by atoms with Crippen molar-refractivity contribution in [3.8, 4) is 0 Å². The molecule has 6 nitrogen and oxygen atoms in total. The van der Waals surface area contributed by atoms with Crippen molar-refractivity contribution in [1.29, 1.82) is 0 Å². The molecule has 2 aromatic rings. The van der Waals surface area contributed by atoms with Crippen LogP contribution >= 0.6 is 0 Å². The number of carbonyl (C=O) groups excluding carboxylic acids is 2. The second-order valence-corrected chi connectivity index (χ2v) is 7.12. The van der Waals surface area contributed by atoms with Crippen molar-refractivity contribution in [2.24, 2.45) is 0 Å². The van der Waals surface area contributed by atoms with Crippen molar-refractivity contribution < 1.29 is 9.59 Å². The number of aromatic nitrogens is 2. The molecule has 1 aliphatic carbocycles. The molecule has 0 radical (unpaired) electrons. The third-order valence-electron chi connectivity index (χ3n) is 5.86. The van der Waals surface area contributed by atoms with Crippen LogP contribution in [0.1, 0.15) is 46.8 Å². The second-order valence-electron chi connectivity index (χ2n) is 7.12. The Labute approximate surface area is 152 Å². The molecule has 2 amide bonds. The number of likely N-dealkylation sites (tertiary alicyclic amines) is 1. The van der Waals surface area contributed by atoms with Gasteiger partial charge in [-0.05, 0) is 30.4 Å². The van der Waals surface area contributed by atoms with Gasteiger partial charge in [-0.3, -0.25) is 14.6 Å². The topological polar surface area (TPSA) is 75.2 Å². The third-order valence-corrected chi connectivity index (χ3v) is 5.86. The lowest BCUT2D eigenvalue weighted by atomic mass is 9.73. The number of rotatable bonds is 2. The Morgan fingerprint density at radius 2 is 1.96 bits per heavy atom. The number of hydrogen-bond acceptors (Lipinski definition) is 4. The first-order valence-corrected chi connectivity index (χ1v) is 9.01. The van der Waals surface area contributed by atoms with Gasteiger partial charge in [-0.15, -0.1) is 0 Å². The van der Waals surface area contributed by atoms with Crippen molar-refractivity contribution in [1.82, 2.24) is 20.2 Å². The lowest BCUT2D eigenvalue weighted by Gasteiger charge is -2.40. The second kappa shape index (κ2) is 6.52. The number of carbonyl (C=O) groups is 2. The van der Waals surface area contributed by atoms with Crippen LogP contribution in [0.25, 0.3) is 0 Å². The molecule has 2 heterocycles. The van der Waals surface area contributed by atoms with Gasteiger partial charge in [0.1, 0.15) is 5.69 Å². The molecule has 1 N–H and O–H groups in total. The number of amides is 2. The normalized spacial score (nSPS) is 20.7. The largest absolute Gasteiger partial charge is 0.359 e. The van der Waals surface area contributed by atoms with Crippen LogP contribution < -0.4 is 5.32 Å². The molecule has 0 bridgehead atoms. The summed E-state index contributed by atoms with van der Waals surface area (Å²) in [4.78, 5) is 35.0. The molecule has 1 aliphatic heterocycles. The van der Waals surface area contributed by atoms with Crippen LogP contribution in [0.5, 0.6) is 0 Å². The minimum absolute atomic E-state index is 0.0209. The highest BCUT2D eigenvalue weighted by atomic mass is 16.2. The van der Waals surface area contributed by atoms with Gasteiger partial charge in [-0.25, -0.2) is 4.98 Å². The van der Waals surface area contributed by atoms with E-state index in [0.29, 0.717) is 18.8 Å². The maximum Gasteiger partial charge on any atom is 0.274 e. The number of likely N-dealkylation sites (N-methyl/N-ethyl adjacent to an activating group) is 1. The first-order chi connectivity index (χ1) is 12.6. The van der Waals surface area contributed by atoms with E-state index in [2.05, 4.69) is 27.4 Å². The van der Waals surface area contributed by atoms with Gasteiger partial charge >= 0.3 is 0 Å². The zero-order valence-electron chi connectivity index (χ0n) is 14.8. The van der Waals surface area contributed by atoms with E-state index in [-0.39, 0.29) is 23.1 Å². The summed E-state index contributed by atoms with van der Waals surface area (Å²) < 4.78 is 0. The highest BCUT2D eigenvalue weighted by molar-refractivity contribution is 5.92. The molecule has 1 fully saturated rings. The summed E-state index contributed by atoms with van der Waals surface area (Å²) in [6.07, 6.45) is 7.17. The van der Waals surface area contributed by atoms with Crippen LogP contribution in [-0.4, -0.2) is 46.8 Å². The van der Waals surface area contributed by atoms with E-state index < -0.39 is 0 Å². The molecule has 6 heteroatoms. The van der Waals surface area contributed by atoms with Gasteiger partial charge in [0.2, 0.25) is 5.91 Å². The van der Waals surface area contributed by atoms with E-state index in [0.717, 1.165) is 24.8 Å². The Hall–Kier alpha value is -2.76. The standard InChI is InChI=1S/C20H22N4O2/c1-21-18(25)15-12-20(16-5-3-2-4-14(15)16)6-10-24(11-7-20)19(26)17-13-22-8-9-23-17/h2-5,8-9,13,15H,6-7,10-12H2,1H3,(H,21,25). The van der Waals surface area contributed by atoms with Gasteiger partial charge in [0.15, 0.2) is 0 Å². The molecule has 1 saturated heterocycles. The number of piperidine rings is 1. The van der Waals surface area contributed by atoms with E-state index in [1.807, 2.05) is 17.0 Å². The first-order valence-electron chi connectivity index (χ1n) is 9.01. The van der Waals surface area contributed by atoms with E-state index in [1.165, 1.54) is 11.8 Å². The fraction of sp³-hybridized carbons (Fsp3) is 0.400. The first kappa shape index (κ1) is 16.7. The van der Waals surface area contributed by atoms with E-state index in [9.17, 15) is 9.59 Å². The van der Waals surface area contributed by atoms with Gasteiger partial charge in [-0.2, -0.15) is 0 Å². The third kappa shape index (κ3) is 2.66. The Bertz CT molecular complexity index is 829. The minimum atomic E-state index is -0.0987.